The van der Waals surface area contributed by atoms with Gasteiger partial charge in [-0.05, 0) is 57.6 Å². The van der Waals surface area contributed by atoms with Gasteiger partial charge in [-0.2, -0.15) is 0 Å². The molecule has 0 saturated heterocycles. The van der Waals surface area contributed by atoms with Crippen LogP contribution in [-0.2, 0) is 0 Å². The van der Waals surface area contributed by atoms with Crippen LogP contribution in [-0.4, -0.2) is 17.9 Å². The van der Waals surface area contributed by atoms with Gasteiger partial charge in [0.15, 0.2) is 0 Å². The lowest BCUT2D eigenvalue weighted by atomic mass is 9.93. The van der Waals surface area contributed by atoms with Crippen LogP contribution in [0.15, 0.2) is 17.1 Å². The van der Waals surface area contributed by atoms with E-state index in [2.05, 4.69) is 38.2 Å². The van der Waals surface area contributed by atoms with Gasteiger partial charge in [0.05, 0.1) is 6.04 Å². The molecule has 0 bridgehead atoms. The van der Waals surface area contributed by atoms with E-state index in [1.165, 1.54) is 92.3 Å². The first-order valence-electron chi connectivity index (χ1n) is 10.1. The van der Waals surface area contributed by atoms with E-state index in [4.69, 9.17) is 4.99 Å². The summed E-state index contributed by atoms with van der Waals surface area (Å²) < 4.78 is 0. The second-order valence-electron chi connectivity index (χ2n) is 8.02. The lowest BCUT2D eigenvalue weighted by Crippen LogP contribution is -2.38. The van der Waals surface area contributed by atoms with Crippen LogP contribution in [0, 0.1) is 20.8 Å². The molecule has 2 fully saturated rings. The van der Waals surface area contributed by atoms with E-state index in [1.807, 2.05) is 0 Å². The minimum atomic E-state index is 0.518. The molecule has 0 heterocycles. The molecule has 0 spiro atoms. The van der Waals surface area contributed by atoms with Crippen LogP contribution in [0.5, 0.6) is 0 Å². The van der Waals surface area contributed by atoms with Crippen LogP contribution in [0.1, 0.15) is 86.5 Å². The fourth-order valence-corrected chi connectivity index (χ4v) is 4.56. The summed E-state index contributed by atoms with van der Waals surface area (Å²) in [6, 6.07) is 5.74. The number of hydrogen-bond donors (Lipinski definition) is 1. The average Bonchev–Trinajstić information content (AvgIpc) is 2.55. The van der Waals surface area contributed by atoms with E-state index in [9.17, 15) is 0 Å². The summed E-state index contributed by atoms with van der Waals surface area (Å²) in [5.41, 5.74) is 5.44. The Morgan fingerprint density at radius 2 is 1.38 bits per heavy atom. The summed E-state index contributed by atoms with van der Waals surface area (Å²) in [7, 11) is 0. The Morgan fingerprint density at radius 1 is 0.833 bits per heavy atom. The predicted octanol–water partition coefficient (Wildman–Crippen LogP) is 5.61. The van der Waals surface area contributed by atoms with E-state index < -0.39 is 0 Å². The van der Waals surface area contributed by atoms with Crippen molar-refractivity contribution in [2.75, 3.05) is 0 Å². The van der Waals surface area contributed by atoms with Crippen molar-refractivity contribution < 1.29 is 0 Å². The monoisotopic (exact) mass is 326 g/mol. The highest BCUT2D eigenvalue weighted by Gasteiger charge is 2.20. The second kappa shape index (κ2) is 8.18. The normalized spacial score (nSPS) is 21.0. The number of hydrogen-bond acceptors (Lipinski definition) is 1. The van der Waals surface area contributed by atoms with Gasteiger partial charge in [-0.15, -0.1) is 0 Å². The smallest absolute Gasteiger partial charge is 0.129 e. The van der Waals surface area contributed by atoms with Gasteiger partial charge in [0.2, 0.25) is 0 Å². The largest absolute Gasteiger partial charge is 0.367 e. The highest BCUT2D eigenvalue weighted by molar-refractivity contribution is 6.01. The highest BCUT2D eigenvalue weighted by atomic mass is 15.0. The Bertz CT molecular complexity index is 553. The van der Waals surface area contributed by atoms with Gasteiger partial charge in [-0.3, -0.25) is 4.99 Å². The zero-order chi connectivity index (χ0) is 16.9. The molecular formula is C22H34N2. The Kier molecular flexibility index (Phi) is 5.97. The minimum Gasteiger partial charge on any atom is -0.367 e. The Hall–Kier alpha value is -1.31. The Morgan fingerprint density at radius 3 is 1.96 bits per heavy atom. The molecule has 0 aromatic heterocycles. The summed E-state index contributed by atoms with van der Waals surface area (Å²) in [6.45, 7) is 6.68. The number of nitrogens with zero attached hydrogens (tertiary/aromatic N) is 1. The maximum atomic E-state index is 5.26. The first kappa shape index (κ1) is 17.5. The molecule has 0 aliphatic heterocycles. The number of rotatable bonds is 3. The lowest BCUT2D eigenvalue weighted by Gasteiger charge is -2.28. The molecule has 0 atom stereocenters. The van der Waals surface area contributed by atoms with Crippen LogP contribution in [0.2, 0.25) is 0 Å². The molecule has 0 radical (unpaired) electrons. The molecule has 2 heteroatoms. The van der Waals surface area contributed by atoms with E-state index in [0.717, 1.165) is 0 Å². The number of amidine groups is 1. The van der Waals surface area contributed by atoms with E-state index in [-0.39, 0.29) is 0 Å². The summed E-state index contributed by atoms with van der Waals surface area (Å²) in [5.74, 6) is 1.18. The third kappa shape index (κ3) is 4.40. The van der Waals surface area contributed by atoms with Crippen molar-refractivity contribution in [3.63, 3.8) is 0 Å². The molecule has 0 amide bonds. The molecule has 2 saturated carbocycles. The number of nitrogens with one attached hydrogen (secondary N) is 1. The molecular weight excluding hydrogens is 292 g/mol. The molecule has 132 valence electrons. The summed E-state index contributed by atoms with van der Waals surface area (Å²) >= 11 is 0. The van der Waals surface area contributed by atoms with E-state index >= 15 is 0 Å². The van der Waals surface area contributed by atoms with Crippen molar-refractivity contribution >= 4 is 5.84 Å². The van der Waals surface area contributed by atoms with Crippen molar-refractivity contribution in [2.24, 2.45) is 4.99 Å². The van der Waals surface area contributed by atoms with Crippen LogP contribution >= 0.6 is 0 Å². The molecule has 2 aliphatic carbocycles. The SMILES string of the molecule is Cc1cc(C)c(C(=NC2CCCCC2)NC2CCCCC2)c(C)c1. The van der Waals surface area contributed by atoms with Crippen molar-refractivity contribution in [3.8, 4) is 0 Å². The van der Waals surface area contributed by atoms with Gasteiger partial charge in [-0.1, -0.05) is 56.2 Å². The molecule has 0 unspecified atom stereocenters. The third-order valence-electron chi connectivity index (χ3n) is 5.75. The summed E-state index contributed by atoms with van der Waals surface area (Å²) in [5, 5.41) is 3.87. The lowest BCUT2D eigenvalue weighted by molar-refractivity contribution is 0.409. The van der Waals surface area contributed by atoms with Crippen molar-refractivity contribution in [2.45, 2.75) is 97.1 Å². The maximum Gasteiger partial charge on any atom is 0.129 e. The minimum absolute atomic E-state index is 0.518. The Labute approximate surface area is 148 Å². The first-order valence-corrected chi connectivity index (χ1v) is 10.1. The molecule has 1 aromatic rings. The van der Waals surface area contributed by atoms with Crippen LogP contribution in [0.3, 0.4) is 0 Å². The maximum absolute atomic E-state index is 5.26. The van der Waals surface area contributed by atoms with Crippen LogP contribution < -0.4 is 5.32 Å². The van der Waals surface area contributed by atoms with Gasteiger partial charge in [0.25, 0.3) is 0 Å². The topological polar surface area (TPSA) is 24.4 Å². The van der Waals surface area contributed by atoms with Crippen LogP contribution in [0.25, 0.3) is 0 Å². The van der Waals surface area contributed by atoms with E-state index in [0.29, 0.717) is 12.1 Å². The van der Waals surface area contributed by atoms with Crippen molar-refractivity contribution in [1.29, 1.82) is 0 Å². The first-order chi connectivity index (χ1) is 11.6. The molecule has 1 N–H and O–H groups in total. The second-order valence-corrected chi connectivity index (χ2v) is 8.02. The molecule has 2 nitrogen and oxygen atoms in total. The number of aliphatic imine (C=N–C) groups is 1. The fraction of sp³-hybridized carbons (Fsp3) is 0.682. The number of benzene rings is 1. The quantitative estimate of drug-likeness (QED) is 0.566. The standard InChI is InChI=1S/C22H34N2/c1-16-14-17(2)21(18(3)15-16)22(23-19-10-6-4-7-11-19)24-20-12-8-5-9-13-20/h14-15,19-20H,4-13H2,1-3H3,(H,23,24). The predicted molar refractivity (Wildman–Crippen MR) is 104 cm³/mol. The highest BCUT2D eigenvalue weighted by Crippen LogP contribution is 2.24. The summed E-state index contributed by atoms with van der Waals surface area (Å²) in [6.07, 6.45) is 13.3. The number of aryl methyl sites for hydroxylation is 3. The van der Waals surface area contributed by atoms with Crippen molar-refractivity contribution in [1.82, 2.24) is 5.32 Å². The van der Waals surface area contributed by atoms with Gasteiger partial charge in [-0.25, -0.2) is 0 Å². The zero-order valence-corrected chi connectivity index (χ0v) is 15.8. The van der Waals surface area contributed by atoms with Gasteiger partial charge in [0.1, 0.15) is 5.84 Å². The van der Waals surface area contributed by atoms with Gasteiger partial charge < -0.3 is 5.32 Å². The fourth-order valence-electron chi connectivity index (χ4n) is 4.56. The van der Waals surface area contributed by atoms with Crippen molar-refractivity contribution in [3.05, 3.63) is 34.4 Å². The molecule has 1 aromatic carbocycles. The van der Waals surface area contributed by atoms with E-state index in [1.54, 1.807) is 0 Å². The zero-order valence-electron chi connectivity index (χ0n) is 15.8. The molecule has 3 rings (SSSR count). The van der Waals surface area contributed by atoms with Gasteiger partial charge >= 0.3 is 0 Å². The Balaban J connectivity index is 1.90. The molecule has 24 heavy (non-hydrogen) atoms. The average molecular weight is 327 g/mol. The molecule has 2 aliphatic rings. The summed E-state index contributed by atoms with van der Waals surface area (Å²) in [4.78, 5) is 5.26. The van der Waals surface area contributed by atoms with Gasteiger partial charge in [0, 0.05) is 11.6 Å². The third-order valence-corrected chi connectivity index (χ3v) is 5.75. The van der Waals surface area contributed by atoms with Crippen LogP contribution in [0.4, 0.5) is 0 Å².